The average molecular weight is 295 g/mol. The Kier molecular flexibility index (Phi) is 9.97. The van der Waals surface area contributed by atoms with Crippen molar-refractivity contribution in [3.05, 3.63) is 0 Å². The first-order valence-electron chi connectivity index (χ1n) is 6.72. The standard InChI is InChI=1S/C13H26N2OS.ClH/c1-11(2)6-8-17-10-13(16)15-7-4-3-5-12(15)9-14;/h11-12H,3-10,14H2,1-2H3;1H. The molecule has 18 heavy (non-hydrogen) atoms. The van der Waals surface area contributed by atoms with E-state index in [4.69, 9.17) is 5.73 Å². The Morgan fingerprint density at radius 3 is 2.78 bits per heavy atom. The second kappa shape index (κ2) is 9.93. The maximum absolute atomic E-state index is 12.1. The van der Waals surface area contributed by atoms with Gasteiger partial charge in [-0.3, -0.25) is 4.79 Å². The van der Waals surface area contributed by atoms with Crippen molar-refractivity contribution in [1.82, 2.24) is 4.90 Å². The molecular weight excluding hydrogens is 268 g/mol. The highest BCUT2D eigenvalue weighted by molar-refractivity contribution is 7.99. The van der Waals surface area contributed by atoms with E-state index in [0.717, 1.165) is 31.1 Å². The third-order valence-electron chi connectivity index (χ3n) is 3.28. The number of thioether (sulfide) groups is 1. The maximum atomic E-state index is 12.1. The van der Waals surface area contributed by atoms with Crippen LogP contribution in [0.5, 0.6) is 0 Å². The molecule has 0 aromatic heterocycles. The van der Waals surface area contributed by atoms with Crippen LogP contribution >= 0.6 is 24.2 Å². The van der Waals surface area contributed by atoms with Crippen LogP contribution in [0, 0.1) is 5.92 Å². The fourth-order valence-electron chi connectivity index (χ4n) is 2.14. The molecule has 1 amide bonds. The van der Waals surface area contributed by atoms with Crippen molar-refractivity contribution in [3.63, 3.8) is 0 Å². The summed E-state index contributed by atoms with van der Waals surface area (Å²) in [6.45, 7) is 5.96. The molecule has 1 saturated heterocycles. The first-order valence-corrected chi connectivity index (χ1v) is 7.88. The van der Waals surface area contributed by atoms with E-state index in [1.54, 1.807) is 11.8 Å². The molecule has 1 rings (SSSR count). The second-order valence-electron chi connectivity index (χ2n) is 5.21. The number of amides is 1. The summed E-state index contributed by atoms with van der Waals surface area (Å²) in [4.78, 5) is 14.1. The highest BCUT2D eigenvalue weighted by atomic mass is 35.5. The van der Waals surface area contributed by atoms with Crippen LogP contribution in [0.1, 0.15) is 39.5 Å². The minimum Gasteiger partial charge on any atom is -0.338 e. The van der Waals surface area contributed by atoms with E-state index in [2.05, 4.69) is 13.8 Å². The van der Waals surface area contributed by atoms with Gasteiger partial charge in [0.25, 0.3) is 0 Å². The summed E-state index contributed by atoms with van der Waals surface area (Å²) in [5, 5.41) is 0. The van der Waals surface area contributed by atoms with Gasteiger partial charge in [-0.1, -0.05) is 13.8 Å². The Bertz CT molecular complexity index is 239. The molecule has 0 aliphatic carbocycles. The van der Waals surface area contributed by atoms with Crippen LogP contribution in [0.3, 0.4) is 0 Å². The minimum absolute atomic E-state index is 0. The quantitative estimate of drug-likeness (QED) is 0.766. The smallest absolute Gasteiger partial charge is 0.232 e. The lowest BCUT2D eigenvalue weighted by atomic mass is 10.0. The molecule has 0 spiro atoms. The number of carbonyl (C=O) groups is 1. The predicted octanol–water partition coefficient (Wildman–Crippen LogP) is 2.53. The summed E-state index contributed by atoms with van der Waals surface area (Å²) in [7, 11) is 0. The zero-order valence-corrected chi connectivity index (χ0v) is 13.2. The summed E-state index contributed by atoms with van der Waals surface area (Å²) in [6.07, 6.45) is 4.63. The molecule has 0 aromatic carbocycles. The number of piperidine rings is 1. The number of hydrogen-bond donors (Lipinski definition) is 1. The molecule has 2 N–H and O–H groups in total. The molecule has 1 heterocycles. The Morgan fingerprint density at radius 2 is 2.17 bits per heavy atom. The number of rotatable bonds is 6. The van der Waals surface area contributed by atoms with Crippen LogP contribution in [0.2, 0.25) is 0 Å². The number of halogens is 1. The number of likely N-dealkylation sites (tertiary alicyclic amines) is 1. The Morgan fingerprint density at radius 1 is 1.44 bits per heavy atom. The molecule has 1 atom stereocenters. The van der Waals surface area contributed by atoms with Crippen molar-refractivity contribution in [1.29, 1.82) is 0 Å². The number of nitrogens with two attached hydrogens (primary N) is 1. The maximum Gasteiger partial charge on any atom is 0.232 e. The molecule has 3 nitrogen and oxygen atoms in total. The average Bonchev–Trinajstić information content (AvgIpc) is 2.34. The second-order valence-corrected chi connectivity index (χ2v) is 6.31. The first kappa shape index (κ1) is 18.1. The van der Waals surface area contributed by atoms with Crippen LogP contribution in [-0.2, 0) is 4.79 Å². The van der Waals surface area contributed by atoms with Gasteiger partial charge in [0.1, 0.15) is 0 Å². The molecule has 108 valence electrons. The number of carbonyl (C=O) groups excluding carboxylic acids is 1. The van der Waals surface area contributed by atoms with E-state index in [1.165, 1.54) is 12.8 Å². The van der Waals surface area contributed by atoms with Crippen LogP contribution in [-0.4, -0.2) is 41.4 Å². The summed E-state index contributed by atoms with van der Waals surface area (Å²) in [6, 6.07) is 0.293. The zero-order valence-electron chi connectivity index (χ0n) is 11.6. The normalized spacial score (nSPS) is 19.8. The van der Waals surface area contributed by atoms with Gasteiger partial charge in [0.15, 0.2) is 0 Å². The van der Waals surface area contributed by atoms with E-state index in [1.807, 2.05) is 4.90 Å². The summed E-state index contributed by atoms with van der Waals surface area (Å²) < 4.78 is 0. The van der Waals surface area contributed by atoms with Crippen molar-refractivity contribution in [2.75, 3.05) is 24.6 Å². The first-order chi connectivity index (χ1) is 8.15. The lowest BCUT2D eigenvalue weighted by molar-refractivity contribution is -0.131. The van der Waals surface area contributed by atoms with Crippen LogP contribution in [0.25, 0.3) is 0 Å². The summed E-state index contributed by atoms with van der Waals surface area (Å²) in [5.41, 5.74) is 5.73. The van der Waals surface area contributed by atoms with Gasteiger partial charge in [-0.2, -0.15) is 11.8 Å². The summed E-state index contributed by atoms with van der Waals surface area (Å²) >= 11 is 1.76. The molecule has 0 bridgehead atoms. The van der Waals surface area contributed by atoms with E-state index < -0.39 is 0 Å². The van der Waals surface area contributed by atoms with E-state index >= 15 is 0 Å². The van der Waals surface area contributed by atoms with Crippen molar-refractivity contribution in [2.24, 2.45) is 11.7 Å². The van der Waals surface area contributed by atoms with Crippen molar-refractivity contribution in [2.45, 2.75) is 45.6 Å². The molecule has 0 saturated carbocycles. The van der Waals surface area contributed by atoms with Crippen LogP contribution in [0.4, 0.5) is 0 Å². The molecule has 5 heteroatoms. The van der Waals surface area contributed by atoms with Gasteiger partial charge in [0.05, 0.1) is 5.75 Å². The number of hydrogen-bond acceptors (Lipinski definition) is 3. The van der Waals surface area contributed by atoms with Gasteiger partial charge in [-0.25, -0.2) is 0 Å². The monoisotopic (exact) mass is 294 g/mol. The fourth-order valence-corrected chi connectivity index (χ4v) is 3.26. The topological polar surface area (TPSA) is 46.3 Å². The van der Waals surface area contributed by atoms with Gasteiger partial charge < -0.3 is 10.6 Å². The fraction of sp³-hybridized carbons (Fsp3) is 0.923. The zero-order chi connectivity index (χ0) is 12.7. The highest BCUT2D eigenvalue weighted by Crippen LogP contribution is 2.18. The van der Waals surface area contributed by atoms with Crippen molar-refractivity contribution in [3.8, 4) is 0 Å². The van der Waals surface area contributed by atoms with Gasteiger partial charge >= 0.3 is 0 Å². The predicted molar refractivity (Wildman–Crippen MR) is 82.4 cm³/mol. The molecule has 1 unspecified atom stereocenters. The largest absolute Gasteiger partial charge is 0.338 e. The third kappa shape index (κ3) is 6.30. The lowest BCUT2D eigenvalue weighted by Gasteiger charge is -2.35. The minimum atomic E-state index is 0. The van der Waals surface area contributed by atoms with Crippen LogP contribution < -0.4 is 5.73 Å². The molecule has 0 aromatic rings. The van der Waals surface area contributed by atoms with Crippen molar-refractivity contribution >= 4 is 30.1 Å². The Balaban J connectivity index is 0.00000289. The lowest BCUT2D eigenvalue weighted by Crippen LogP contribution is -2.48. The van der Waals surface area contributed by atoms with Gasteiger partial charge in [0.2, 0.25) is 5.91 Å². The SMILES string of the molecule is CC(C)CCSCC(=O)N1CCCCC1CN.Cl. The molecule has 0 radical (unpaired) electrons. The van der Waals surface area contributed by atoms with Gasteiger partial charge in [-0.05, 0) is 37.4 Å². The van der Waals surface area contributed by atoms with Crippen molar-refractivity contribution < 1.29 is 4.79 Å². The highest BCUT2D eigenvalue weighted by Gasteiger charge is 2.24. The van der Waals surface area contributed by atoms with Crippen LogP contribution in [0.15, 0.2) is 0 Å². The Labute approximate surface area is 122 Å². The van der Waals surface area contributed by atoms with E-state index in [0.29, 0.717) is 18.3 Å². The molecule has 1 aliphatic rings. The van der Waals surface area contributed by atoms with Gasteiger partial charge in [0, 0.05) is 19.1 Å². The molecule has 1 aliphatic heterocycles. The van der Waals surface area contributed by atoms with E-state index in [-0.39, 0.29) is 18.3 Å². The third-order valence-corrected chi connectivity index (χ3v) is 4.26. The van der Waals surface area contributed by atoms with E-state index in [9.17, 15) is 4.79 Å². The summed E-state index contributed by atoms with van der Waals surface area (Å²) in [5.74, 6) is 2.73. The Hall–Kier alpha value is 0.0700. The molecule has 1 fully saturated rings. The van der Waals surface area contributed by atoms with Gasteiger partial charge in [-0.15, -0.1) is 12.4 Å². The molecular formula is C13H27ClN2OS. The number of nitrogens with zero attached hydrogens (tertiary/aromatic N) is 1.